The molecule has 2 heterocycles. The molecule has 5 heteroatoms. The Bertz CT molecular complexity index is 379. The van der Waals surface area contributed by atoms with Crippen molar-refractivity contribution in [2.75, 3.05) is 37.0 Å². The van der Waals surface area contributed by atoms with E-state index in [4.69, 9.17) is 5.73 Å². The van der Waals surface area contributed by atoms with Gasteiger partial charge in [-0.3, -0.25) is 0 Å². The van der Waals surface area contributed by atoms with Crippen LogP contribution in [0.1, 0.15) is 13.3 Å². The molecule has 17 heavy (non-hydrogen) atoms. The molecule has 1 aromatic rings. The van der Waals surface area contributed by atoms with E-state index in [0.29, 0.717) is 5.92 Å². The van der Waals surface area contributed by atoms with Crippen molar-refractivity contribution in [1.29, 1.82) is 0 Å². The van der Waals surface area contributed by atoms with Crippen LogP contribution in [-0.2, 0) is 0 Å². The summed E-state index contributed by atoms with van der Waals surface area (Å²) < 4.78 is 0. The molecule has 1 aromatic heterocycles. The average molecular weight is 235 g/mol. The predicted molar refractivity (Wildman–Crippen MR) is 70.3 cm³/mol. The lowest BCUT2D eigenvalue weighted by molar-refractivity contribution is 0.378. The smallest absolute Gasteiger partial charge is 0.226 e. The maximum Gasteiger partial charge on any atom is 0.226 e. The van der Waals surface area contributed by atoms with Gasteiger partial charge in [-0.2, -0.15) is 4.98 Å². The Hall–Kier alpha value is -1.36. The Labute approximate surface area is 103 Å². The highest BCUT2D eigenvalue weighted by Gasteiger charge is 2.24. The monoisotopic (exact) mass is 235 g/mol. The summed E-state index contributed by atoms with van der Waals surface area (Å²) in [5.41, 5.74) is 6.11. The van der Waals surface area contributed by atoms with Crippen LogP contribution in [0.2, 0.25) is 0 Å². The van der Waals surface area contributed by atoms with E-state index in [2.05, 4.69) is 21.8 Å². The molecule has 1 saturated heterocycles. The van der Waals surface area contributed by atoms with E-state index in [9.17, 15) is 0 Å². The Morgan fingerprint density at radius 3 is 2.88 bits per heavy atom. The number of hydrogen-bond donors (Lipinski definition) is 1. The summed E-state index contributed by atoms with van der Waals surface area (Å²) in [5, 5.41) is 0. The molecule has 94 valence electrons. The van der Waals surface area contributed by atoms with Gasteiger partial charge < -0.3 is 15.5 Å². The third kappa shape index (κ3) is 2.66. The first kappa shape index (κ1) is 12.1. The molecule has 0 bridgehead atoms. The molecule has 0 spiro atoms. The minimum absolute atomic E-state index is 0.238. The number of nitrogens with zero attached hydrogens (tertiary/aromatic N) is 4. The van der Waals surface area contributed by atoms with Crippen molar-refractivity contribution in [3.8, 4) is 0 Å². The van der Waals surface area contributed by atoms with Gasteiger partial charge in [0, 0.05) is 39.4 Å². The molecule has 1 aliphatic rings. The van der Waals surface area contributed by atoms with Gasteiger partial charge in [-0.25, -0.2) is 4.98 Å². The highest BCUT2D eigenvalue weighted by Crippen LogP contribution is 2.21. The highest BCUT2D eigenvalue weighted by atomic mass is 15.3. The number of rotatable bonds is 2. The molecular formula is C12H21N5. The molecule has 2 rings (SSSR count). The summed E-state index contributed by atoms with van der Waals surface area (Å²) in [6, 6.07) is 2.19. The molecule has 0 aliphatic carbocycles. The van der Waals surface area contributed by atoms with Crippen LogP contribution in [0.5, 0.6) is 0 Å². The molecule has 0 aromatic carbocycles. The van der Waals surface area contributed by atoms with E-state index in [0.717, 1.165) is 31.3 Å². The summed E-state index contributed by atoms with van der Waals surface area (Å²) in [6.45, 7) is 4.12. The van der Waals surface area contributed by atoms with Crippen molar-refractivity contribution in [1.82, 2.24) is 9.97 Å². The Morgan fingerprint density at radius 2 is 2.24 bits per heavy atom. The molecule has 5 nitrogen and oxygen atoms in total. The van der Waals surface area contributed by atoms with Gasteiger partial charge in [0.05, 0.1) is 0 Å². The lowest BCUT2D eigenvalue weighted by Crippen LogP contribution is -2.48. The number of nitrogens with two attached hydrogens (primary N) is 1. The van der Waals surface area contributed by atoms with Gasteiger partial charge in [-0.1, -0.05) is 6.92 Å². The highest BCUT2D eigenvalue weighted by molar-refractivity contribution is 5.43. The Balaban J connectivity index is 2.14. The van der Waals surface area contributed by atoms with Crippen LogP contribution in [0.25, 0.3) is 0 Å². The molecule has 1 fully saturated rings. The van der Waals surface area contributed by atoms with Crippen LogP contribution in [0.3, 0.4) is 0 Å². The largest absolute Gasteiger partial charge is 0.355 e. The topological polar surface area (TPSA) is 58.3 Å². The Morgan fingerprint density at radius 1 is 1.47 bits per heavy atom. The van der Waals surface area contributed by atoms with Gasteiger partial charge in [0.25, 0.3) is 0 Å². The van der Waals surface area contributed by atoms with Crippen LogP contribution < -0.4 is 15.5 Å². The van der Waals surface area contributed by atoms with Crippen LogP contribution in [-0.4, -0.2) is 43.2 Å². The van der Waals surface area contributed by atoms with Crippen LogP contribution >= 0.6 is 0 Å². The van der Waals surface area contributed by atoms with E-state index in [-0.39, 0.29) is 6.04 Å². The third-order valence-electron chi connectivity index (χ3n) is 3.37. The fraction of sp³-hybridized carbons (Fsp3) is 0.667. The minimum atomic E-state index is 0.238. The maximum atomic E-state index is 6.11. The van der Waals surface area contributed by atoms with Crippen LogP contribution in [0.4, 0.5) is 11.8 Å². The molecule has 2 N–H and O–H groups in total. The van der Waals surface area contributed by atoms with E-state index in [1.165, 1.54) is 0 Å². The third-order valence-corrected chi connectivity index (χ3v) is 3.37. The summed E-state index contributed by atoms with van der Waals surface area (Å²) in [5.74, 6) is 2.32. The summed E-state index contributed by atoms with van der Waals surface area (Å²) >= 11 is 0. The van der Waals surface area contributed by atoms with Crippen LogP contribution in [0.15, 0.2) is 12.3 Å². The average Bonchev–Trinajstić information content (AvgIpc) is 2.33. The molecule has 0 amide bonds. The minimum Gasteiger partial charge on any atom is -0.355 e. The second kappa shape index (κ2) is 4.87. The number of anilines is 2. The van der Waals surface area contributed by atoms with E-state index >= 15 is 0 Å². The van der Waals surface area contributed by atoms with E-state index in [1.54, 1.807) is 6.20 Å². The van der Waals surface area contributed by atoms with Gasteiger partial charge in [-0.05, 0) is 18.4 Å². The Kier molecular flexibility index (Phi) is 3.47. The lowest BCUT2D eigenvalue weighted by atomic mass is 9.94. The van der Waals surface area contributed by atoms with Crippen molar-refractivity contribution in [3.63, 3.8) is 0 Å². The lowest BCUT2D eigenvalue weighted by Gasteiger charge is -2.35. The summed E-state index contributed by atoms with van der Waals surface area (Å²) in [4.78, 5) is 12.9. The number of aromatic nitrogens is 2. The first-order valence-corrected chi connectivity index (χ1v) is 6.09. The van der Waals surface area contributed by atoms with E-state index < -0.39 is 0 Å². The first-order valence-electron chi connectivity index (χ1n) is 6.09. The second-order valence-electron chi connectivity index (χ2n) is 4.99. The van der Waals surface area contributed by atoms with Gasteiger partial charge in [0.1, 0.15) is 5.82 Å². The van der Waals surface area contributed by atoms with E-state index in [1.807, 2.05) is 25.1 Å². The van der Waals surface area contributed by atoms with Gasteiger partial charge in [0.2, 0.25) is 5.95 Å². The van der Waals surface area contributed by atoms with Gasteiger partial charge in [-0.15, -0.1) is 0 Å². The molecular weight excluding hydrogens is 214 g/mol. The van der Waals surface area contributed by atoms with Crippen molar-refractivity contribution in [2.45, 2.75) is 19.4 Å². The number of piperidine rings is 1. The number of hydrogen-bond acceptors (Lipinski definition) is 5. The fourth-order valence-corrected chi connectivity index (χ4v) is 2.04. The quantitative estimate of drug-likeness (QED) is 0.818. The normalized spacial score (nSPS) is 24.8. The van der Waals surface area contributed by atoms with Crippen molar-refractivity contribution < 1.29 is 0 Å². The maximum absolute atomic E-state index is 6.11. The van der Waals surface area contributed by atoms with Crippen molar-refractivity contribution in [3.05, 3.63) is 12.3 Å². The SMILES string of the molecule is CC1CCN(c2ccnc(N(C)C)n2)CC1N. The zero-order valence-corrected chi connectivity index (χ0v) is 10.8. The fourth-order valence-electron chi connectivity index (χ4n) is 2.04. The van der Waals surface area contributed by atoms with Crippen molar-refractivity contribution >= 4 is 11.8 Å². The zero-order valence-electron chi connectivity index (χ0n) is 10.8. The predicted octanol–water partition coefficient (Wildman–Crippen LogP) is 0.716. The molecule has 0 saturated carbocycles. The van der Waals surface area contributed by atoms with Crippen LogP contribution in [0, 0.1) is 5.92 Å². The zero-order chi connectivity index (χ0) is 12.4. The summed E-state index contributed by atoms with van der Waals surface area (Å²) in [6.07, 6.45) is 2.93. The molecule has 1 aliphatic heterocycles. The van der Waals surface area contributed by atoms with Gasteiger partial charge in [0.15, 0.2) is 0 Å². The van der Waals surface area contributed by atoms with Crippen molar-refractivity contribution in [2.24, 2.45) is 11.7 Å². The standard InChI is InChI=1S/C12H21N5/c1-9-5-7-17(8-10(9)13)11-4-6-14-12(15-11)16(2)3/h4,6,9-10H,5,7-8,13H2,1-3H3. The summed E-state index contributed by atoms with van der Waals surface area (Å²) in [7, 11) is 3.90. The molecule has 2 atom stereocenters. The second-order valence-corrected chi connectivity index (χ2v) is 4.99. The van der Waals surface area contributed by atoms with Gasteiger partial charge >= 0.3 is 0 Å². The molecule has 0 radical (unpaired) electrons. The molecule has 2 unspecified atom stereocenters. The first-order chi connectivity index (χ1) is 8.08.